The van der Waals surface area contributed by atoms with Crippen LogP contribution in [0.5, 0.6) is 0 Å². The molecule has 0 radical (unpaired) electrons. The molecule has 124 valence electrons. The highest BCUT2D eigenvalue weighted by atomic mass is 32.2. The first-order valence-corrected chi connectivity index (χ1v) is 10.5. The number of carbonyl (C=O) groups is 1. The number of likely N-dealkylation sites (tertiary alicyclic amines) is 1. The maximum absolute atomic E-state index is 12.9. The van der Waals surface area contributed by atoms with Crippen molar-refractivity contribution in [3.05, 3.63) is 34.7 Å². The molecule has 1 atom stereocenters. The summed E-state index contributed by atoms with van der Waals surface area (Å²) >= 11 is 1.37. The Morgan fingerprint density at radius 3 is 2.83 bits per heavy atom. The smallest absolute Gasteiger partial charge is 0.264 e. The maximum Gasteiger partial charge on any atom is 0.264 e. The lowest BCUT2D eigenvalue weighted by Crippen LogP contribution is -2.45. The van der Waals surface area contributed by atoms with Crippen LogP contribution in [-0.4, -0.2) is 44.6 Å². The van der Waals surface area contributed by atoms with Gasteiger partial charge in [0.2, 0.25) is 0 Å². The first-order chi connectivity index (χ1) is 10.8. The number of rotatable bonds is 3. The fourth-order valence-corrected chi connectivity index (χ4v) is 5.12. The van der Waals surface area contributed by atoms with Crippen LogP contribution in [-0.2, 0) is 15.6 Å². The number of thiophene rings is 1. The van der Waals surface area contributed by atoms with Crippen LogP contribution in [0.2, 0.25) is 0 Å². The van der Waals surface area contributed by atoms with Crippen LogP contribution >= 0.6 is 11.3 Å². The van der Waals surface area contributed by atoms with Gasteiger partial charge >= 0.3 is 0 Å². The van der Waals surface area contributed by atoms with Crippen LogP contribution in [0.15, 0.2) is 24.3 Å². The Hall–Kier alpha value is -1.44. The average molecular weight is 352 g/mol. The van der Waals surface area contributed by atoms with E-state index in [4.69, 9.17) is 5.73 Å². The van der Waals surface area contributed by atoms with Crippen molar-refractivity contribution in [1.29, 1.82) is 0 Å². The van der Waals surface area contributed by atoms with Gasteiger partial charge in [-0.15, -0.1) is 11.3 Å². The molecule has 1 aromatic heterocycles. The van der Waals surface area contributed by atoms with E-state index in [1.54, 1.807) is 4.90 Å². The molecule has 1 fully saturated rings. The Balaban J connectivity index is 2.05. The number of amides is 1. The van der Waals surface area contributed by atoms with Gasteiger partial charge in [-0.25, -0.2) is 8.42 Å². The number of nitrogens with zero attached hydrogens (tertiary/aromatic N) is 1. The number of fused-ring (bicyclic) bond motifs is 1. The van der Waals surface area contributed by atoms with Crippen LogP contribution in [0.25, 0.3) is 10.1 Å². The summed E-state index contributed by atoms with van der Waals surface area (Å²) in [6, 6.07) is 7.57. The molecule has 1 aliphatic rings. The second kappa shape index (κ2) is 6.22. The van der Waals surface area contributed by atoms with Gasteiger partial charge in [0, 0.05) is 30.1 Å². The molecule has 7 heteroatoms. The predicted octanol–water partition coefficient (Wildman–Crippen LogP) is 2.01. The molecular formula is C16H20N2O3S2. The van der Waals surface area contributed by atoms with E-state index < -0.39 is 9.84 Å². The second-order valence-corrected chi connectivity index (χ2v) is 9.32. The summed E-state index contributed by atoms with van der Waals surface area (Å²) in [5.41, 5.74) is 6.59. The van der Waals surface area contributed by atoms with Gasteiger partial charge in [-0.3, -0.25) is 4.79 Å². The van der Waals surface area contributed by atoms with Gasteiger partial charge < -0.3 is 10.6 Å². The van der Waals surface area contributed by atoms with Crippen molar-refractivity contribution in [1.82, 2.24) is 4.90 Å². The van der Waals surface area contributed by atoms with Gasteiger partial charge in [-0.1, -0.05) is 18.2 Å². The maximum atomic E-state index is 12.9. The van der Waals surface area contributed by atoms with Crippen molar-refractivity contribution in [2.45, 2.75) is 24.6 Å². The van der Waals surface area contributed by atoms with Crippen LogP contribution < -0.4 is 5.73 Å². The third kappa shape index (κ3) is 3.57. The average Bonchev–Trinajstić information content (AvgIpc) is 2.83. The molecule has 1 aliphatic heterocycles. The highest BCUT2D eigenvalue weighted by Gasteiger charge is 2.27. The monoisotopic (exact) mass is 352 g/mol. The summed E-state index contributed by atoms with van der Waals surface area (Å²) in [6.45, 7) is 1.21. The van der Waals surface area contributed by atoms with Gasteiger partial charge in [0.05, 0.1) is 10.6 Å². The first-order valence-electron chi connectivity index (χ1n) is 7.58. The fraction of sp³-hybridized carbons (Fsp3) is 0.438. The molecule has 1 amide bonds. The molecule has 5 nitrogen and oxygen atoms in total. The standard InChI is InChI=1S/C16H20N2O3S2/c1-23(20,21)10-13-12-6-2-3-7-14(12)22-15(13)16(19)18-8-4-5-11(17)9-18/h2-3,6-7,11H,4-5,8-10,17H2,1H3/t11-/m1/s1. The van der Waals surface area contributed by atoms with Crippen LogP contribution in [0, 0.1) is 0 Å². The Kier molecular flexibility index (Phi) is 4.44. The molecule has 0 spiro atoms. The largest absolute Gasteiger partial charge is 0.336 e. The van der Waals surface area contributed by atoms with Crippen LogP contribution in [0.4, 0.5) is 0 Å². The SMILES string of the molecule is CS(=O)(=O)Cc1c(C(=O)N2CCC[C@@H](N)C2)sc2ccccc12. The molecule has 0 aliphatic carbocycles. The van der Waals surface area contributed by atoms with Gasteiger partial charge in [0.15, 0.2) is 9.84 Å². The lowest BCUT2D eigenvalue weighted by atomic mass is 10.1. The van der Waals surface area contributed by atoms with E-state index in [2.05, 4.69) is 0 Å². The van der Waals surface area contributed by atoms with Gasteiger partial charge in [-0.2, -0.15) is 0 Å². The molecule has 0 bridgehead atoms. The second-order valence-electron chi connectivity index (χ2n) is 6.13. The third-order valence-electron chi connectivity index (χ3n) is 4.04. The number of hydrogen-bond acceptors (Lipinski definition) is 5. The molecular weight excluding hydrogens is 332 g/mol. The normalized spacial score (nSPS) is 19.2. The van der Waals surface area contributed by atoms with E-state index in [-0.39, 0.29) is 17.7 Å². The summed E-state index contributed by atoms with van der Waals surface area (Å²) < 4.78 is 24.6. The number of sulfone groups is 1. The van der Waals surface area contributed by atoms with Gasteiger partial charge in [-0.05, 0) is 29.9 Å². The number of piperidine rings is 1. The van der Waals surface area contributed by atoms with Crippen molar-refractivity contribution in [2.24, 2.45) is 5.73 Å². The minimum Gasteiger partial charge on any atom is -0.336 e. The van der Waals surface area contributed by atoms with Crippen molar-refractivity contribution >= 4 is 37.2 Å². The Morgan fingerprint density at radius 1 is 1.39 bits per heavy atom. The number of benzene rings is 1. The molecule has 2 aromatic rings. The summed E-state index contributed by atoms with van der Waals surface area (Å²) in [5, 5.41) is 0.854. The summed E-state index contributed by atoms with van der Waals surface area (Å²) in [4.78, 5) is 15.2. The van der Waals surface area contributed by atoms with Crippen molar-refractivity contribution < 1.29 is 13.2 Å². The van der Waals surface area contributed by atoms with Crippen molar-refractivity contribution in [2.75, 3.05) is 19.3 Å². The highest BCUT2D eigenvalue weighted by molar-refractivity contribution is 7.89. The molecule has 3 rings (SSSR count). The quantitative estimate of drug-likeness (QED) is 0.916. The summed E-state index contributed by atoms with van der Waals surface area (Å²) in [7, 11) is -3.22. The zero-order valence-electron chi connectivity index (χ0n) is 13.0. The third-order valence-corrected chi connectivity index (χ3v) is 6.06. The summed E-state index contributed by atoms with van der Waals surface area (Å²) in [5.74, 6) is -0.210. The molecule has 1 aromatic carbocycles. The van der Waals surface area contributed by atoms with Crippen molar-refractivity contribution in [3.8, 4) is 0 Å². The minimum atomic E-state index is -3.22. The molecule has 1 saturated heterocycles. The zero-order valence-corrected chi connectivity index (χ0v) is 14.6. The topological polar surface area (TPSA) is 80.5 Å². The Bertz CT molecular complexity index is 842. The zero-order chi connectivity index (χ0) is 16.6. The number of hydrogen-bond donors (Lipinski definition) is 1. The van der Waals surface area contributed by atoms with Crippen molar-refractivity contribution in [3.63, 3.8) is 0 Å². The molecule has 0 unspecified atom stereocenters. The van der Waals surface area contributed by atoms with Gasteiger partial charge in [0.25, 0.3) is 5.91 Å². The van der Waals surface area contributed by atoms with E-state index in [9.17, 15) is 13.2 Å². The van der Waals surface area contributed by atoms with Gasteiger partial charge in [0.1, 0.15) is 0 Å². The molecule has 2 N–H and O–H groups in total. The van der Waals surface area contributed by atoms with Crippen LogP contribution in [0.3, 0.4) is 0 Å². The van der Waals surface area contributed by atoms with E-state index in [1.165, 1.54) is 17.6 Å². The minimum absolute atomic E-state index is 0.000404. The molecule has 0 saturated carbocycles. The van der Waals surface area contributed by atoms with E-state index in [1.807, 2.05) is 24.3 Å². The highest BCUT2D eigenvalue weighted by Crippen LogP contribution is 2.33. The van der Waals surface area contributed by atoms with E-state index in [0.717, 1.165) is 22.9 Å². The van der Waals surface area contributed by atoms with E-state index in [0.29, 0.717) is 23.5 Å². The summed E-state index contributed by atoms with van der Waals surface area (Å²) in [6.07, 6.45) is 3.01. The molecule has 2 heterocycles. The predicted molar refractivity (Wildman–Crippen MR) is 93.5 cm³/mol. The van der Waals surface area contributed by atoms with E-state index >= 15 is 0 Å². The lowest BCUT2D eigenvalue weighted by Gasteiger charge is -2.30. The number of carbonyl (C=O) groups excluding carboxylic acids is 1. The lowest BCUT2D eigenvalue weighted by molar-refractivity contribution is 0.0713. The number of nitrogens with two attached hydrogens (primary N) is 1. The molecule has 23 heavy (non-hydrogen) atoms. The Labute approximate surface area is 140 Å². The Morgan fingerprint density at radius 2 is 2.13 bits per heavy atom. The first kappa shape index (κ1) is 16.4. The fourth-order valence-electron chi connectivity index (χ4n) is 3.02. The van der Waals surface area contributed by atoms with Crippen LogP contribution in [0.1, 0.15) is 28.1 Å².